The van der Waals surface area contributed by atoms with E-state index >= 15 is 0 Å². The molecule has 7 heteroatoms. The summed E-state index contributed by atoms with van der Waals surface area (Å²) in [7, 11) is 0. The lowest BCUT2D eigenvalue weighted by Gasteiger charge is -2.32. The summed E-state index contributed by atoms with van der Waals surface area (Å²) < 4.78 is 1.95. The Kier molecular flexibility index (Phi) is 5.06. The normalized spacial score (nSPS) is 15.0. The maximum Gasteiger partial charge on any atom is 0.264 e. The molecule has 4 aromatic rings. The number of quaternary nitrogens is 1. The zero-order chi connectivity index (χ0) is 20.5. The fraction of sp³-hybridized carbons (Fsp3) is 0.261. The van der Waals surface area contributed by atoms with E-state index in [1.54, 1.807) is 11.3 Å². The topological polar surface area (TPSA) is 55.5 Å². The van der Waals surface area contributed by atoms with Gasteiger partial charge in [-0.3, -0.25) is 9.78 Å². The lowest BCUT2D eigenvalue weighted by molar-refractivity contribution is -0.917. The van der Waals surface area contributed by atoms with Gasteiger partial charge in [-0.25, -0.2) is 4.68 Å². The number of rotatable bonds is 4. The van der Waals surface area contributed by atoms with E-state index in [4.69, 9.17) is 0 Å². The number of amides is 1. The summed E-state index contributed by atoms with van der Waals surface area (Å²) in [6.07, 6.45) is 3.68. The number of benzene rings is 1. The maximum absolute atomic E-state index is 13.2. The van der Waals surface area contributed by atoms with Crippen LogP contribution in [0.15, 0.2) is 60.9 Å². The van der Waals surface area contributed by atoms with Crippen molar-refractivity contribution in [2.45, 2.75) is 13.5 Å². The molecule has 1 fully saturated rings. The average molecular weight is 419 g/mol. The van der Waals surface area contributed by atoms with Gasteiger partial charge in [0.05, 0.1) is 42.4 Å². The lowest BCUT2D eigenvalue weighted by Crippen LogP contribution is -3.13. The van der Waals surface area contributed by atoms with Crippen LogP contribution in [0.1, 0.15) is 20.9 Å². The molecule has 0 unspecified atom stereocenters. The smallest absolute Gasteiger partial charge is 0.264 e. The van der Waals surface area contributed by atoms with Gasteiger partial charge in [-0.1, -0.05) is 18.2 Å². The Labute approximate surface area is 179 Å². The van der Waals surface area contributed by atoms with Crippen molar-refractivity contribution in [3.63, 3.8) is 0 Å². The Bertz CT molecular complexity index is 1160. The first-order valence-corrected chi connectivity index (χ1v) is 11.1. The van der Waals surface area contributed by atoms with Gasteiger partial charge in [0.25, 0.3) is 5.91 Å². The summed E-state index contributed by atoms with van der Waals surface area (Å²) >= 11 is 1.54. The summed E-state index contributed by atoms with van der Waals surface area (Å²) in [5, 5.41) is 5.74. The van der Waals surface area contributed by atoms with Crippen LogP contribution in [0, 0.1) is 6.92 Å². The second-order valence-electron chi connectivity index (χ2n) is 7.74. The molecule has 0 saturated carbocycles. The zero-order valence-electron chi connectivity index (χ0n) is 16.9. The van der Waals surface area contributed by atoms with Gasteiger partial charge in [-0.05, 0) is 37.3 Å². The van der Waals surface area contributed by atoms with Gasteiger partial charge in [-0.15, -0.1) is 11.3 Å². The first-order chi connectivity index (χ1) is 14.7. The number of nitrogens with one attached hydrogen (secondary N) is 1. The van der Waals surface area contributed by atoms with Crippen LogP contribution in [-0.2, 0) is 6.54 Å². The third-order valence-corrected chi connectivity index (χ3v) is 6.82. The van der Waals surface area contributed by atoms with E-state index in [2.05, 4.69) is 22.2 Å². The van der Waals surface area contributed by atoms with Gasteiger partial charge in [0.15, 0.2) is 0 Å². The second kappa shape index (κ2) is 8.01. The van der Waals surface area contributed by atoms with E-state index in [9.17, 15) is 4.79 Å². The number of aryl methyl sites for hydroxylation is 1. The van der Waals surface area contributed by atoms with Crippen LogP contribution in [0.2, 0.25) is 0 Å². The molecule has 6 nitrogen and oxygen atoms in total. The monoisotopic (exact) mass is 418 g/mol. The number of piperazine rings is 1. The minimum Gasteiger partial charge on any atom is -0.328 e. The van der Waals surface area contributed by atoms with Crippen molar-refractivity contribution in [3.05, 3.63) is 77.1 Å². The predicted molar refractivity (Wildman–Crippen MR) is 118 cm³/mol. The number of nitrogens with zero attached hydrogens (tertiary/aromatic N) is 4. The van der Waals surface area contributed by atoms with E-state index < -0.39 is 0 Å². The predicted octanol–water partition coefficient (Wildman–Crippen LogP) is 2.33. The summed E-state index contributed by atoms with van der Waals surface area (Å²) in [5.74, 6) is 0.137. The number of carbonyl (C=O) groups excluding carboxylic acids is 1. The molecule has 0 aliphatic carbocycles. The van der Waals surface area contributed by atoms with Crippen LogP contribution in [0.3, 0.4) is 0 Å². The molecule has 1 amide bonds. The third-order valence-electron chi connectivity index (χ3n) is 5.72. The van der Waals surface area contributed by atoms with Crippen molar-refractivity contribution in [2.24, 2.45) is 0 Å². The maximum atomic E-state index is 13.2. The summed E-state index contributed by atoms with van der Waals surface area (Å²) in [6.45, 7) is 6.50. The van der Waals surface area contributed by atoms with Crippen LogP contribution >= 0.6 is 11.3 Å². The van der Waals surface area contributed by atoms with E-state index in [1.807, 2.05) is 65.3 Å². The van der Waals surface area contributed by atoms with Crippen LogP contribution in [-0.4, -0.2) is 51.8 Å². The van der Waals surface area contributed by atoms with E-state index in [0.717, 1.165) is 59.2 Å². The number of fused-ring (bicyclic) bond motifs is 1. The Morgan fingerprint density at radius 3 is 2.57 bits per heavy atom. The quantitative estimate of drug-likeness (QED) is 0.554. The molecule has 5 rings (SSSR count). The highest BCUT2D eigenvalue weighted by Crippen LogP contribution is 2.31. The molecular weight excluding hydrogens is 394 g/mol. The number of aromatic nitrogens is 3. The number of hydrogen-bond acceptors (Lipinski definition) is 4. The second-order valence-corrected chi connectivity index (χ2v) is 8.77. The first kappa shape index (κ1) is 19.0. The van der Waals surface area contributed by atoms with E-state index in [0.29, 0.717) is 0 Å². The highest BCUT2D eigenvalue weighted by molar-refractivity contribution is 7.20. The van der Waals surface area contributed by atoms with Gasteiger partial charge in [0.1, 0.15) is 11.4 Å². The summed E-state index contributed by atoms with van der Waals surface area (Å²) in [5.41, 5.74) is 3.27. The van der Waals surface area contributed by atoms with Gasteiger partial charge in [-0.2, -0.15) is 5.10 Å². The number of para-hydroxylation sites is 1. The van der Waals surface area contributed by atoms with Crippen molar-refractivity contribution in [2.75, 3.05) is 26.2 Å². The van der Waals surface area contributed by atoms with Crippen molar-refractivity contribution >= 4 is 27.5 Å². The van der Waals surface area contributed by atoms with E-state index in [-0.39, 0.29) is 5.91 Å². The van der Waals surface area contributed by atoms with E-state index in [1.165, 1.54) is 10.5 Å². The Hall–Kier alpha value is -3.03. The molecule has 4 heterocycles. The fourth-order valence-electron chi connectivity index (χ4n) is 4.04. The molecule has 1 saturated heterocycles. The highest BCUT2D eigenvalue weighted by Gasteiger charge is 2.26. The molecule has 0 atom stereocenters. The molecule has 30 heavy (non-hydrogen) atoms. The number of pyridine rings is 1. The number of thiophene rings is 1. The van der Waals surface area contributed by atoms with Crippen molar-refractivity contribution in [1.82, 2.24) is 19.7 Å². The Morgan fingerprint density at radius 1 is 1.10 bits per heavy atom. The third kappa shape index (κ3) is 3.62. The van der Waals surface area contributed by atoms with Gasteiger partial charge in [0, 0.05) is 23.3 Å². The molecule has 1 aliphatic rings. The molecule has 152 valence electrons. The largest absolute Gasteiger partial charge is 0.328 e. The molecule has 0 spiro atoms. The summed E-state index contributed by atoms with van der Waals surface area (Å²) in [4.78, 5) is 22.6. The van der Waals surface area contributed by atoms with Crippen molar-refractivity contribution in [3.8, 4) is 5.69 Å². The molecule has 0 radical (unpaired) electrons. The molecule has 1 aliphatic heterocycles. The minimum absolute atomic E-state index is 0.137. The number of carbonyl (C=O) groups is 1. The van der Waals surface area contributed by atoms with Crippen LogP contribution in [0.25, 0.3) is 15.9 Å². The van der Waals surface area contributed by atoms with Crippen LogP contribution in [0.5, 0.6) is 0 Å². The molecule has 1 aromatic carbocycles. The molecule has 3 aromatic heterocycles. The SMILES string of the molecule is Cc1nn(-c2ccccc2)c2sc(C(=O)N3CC[NH+](Cc4ccncc4)CC3)cc12. The van der Waals surface area contributed by atoms with Crippen LogP contribution < -0.4 is 4.90 Å². The summed E-state index contributed by atoms with van der Waals surface area (Å²) in [6, 6.07) is 16.2. The zero-order valence-corrected chi connectivity index (χ0v) is 17.7. The van der Waals surface area contributed by atoms with Crippen molar-refractivity contribution < 1.29 is 9.69 Å². The molecule has 0 bridgehead atoms. The number of hydrogen-bond donors (Lipinski definition) is 1. The standard InChI is InChI=1S/C23H23N5OS/c1-17-20-15-21(30-23(20)28(25-17)19-5-3-2-4-6-19)22(29)27-13-11-26(12-14-27)16-18-7-9-24-10-8-18/h2-10,15H,11-14,16H2,1H3/p+1. The minimum atomic E-state index is 0.137. The Balaban J connectivity index is 1.31. The first-order valence-electron chi connectivity index (χ1n) is 10.3. The average Bonchev–Trinajstić information content (AvgIpc) is 3.36. The molecule has 1 N–H and O–H groups in total. The highest BCUT2D eigenvalue weighted by atomic mass is 32.1. The van der Waals surface area contributed by atoms with Gasteiger partial charge in [0.2, 0.25) is 0 Å². The van der Waals surface area contributed by atoms with Gasteiger partial charge < -0.3 is 9.80 Å². The van der Waals surface area contributed by atoms with Gasteiger partial charge >= 0.3 is 0 Å². The molecular formula is C23H24N5OS+. The van der Waals surface area contributed by atoms with Crippen molar-refractivity contribution in [1.29, 1.82) is 0 Å². The fourth-order valence-corrected chi connectivity index (χ4v) is 5.20. The lowest BCUT2D eigenvalue weighted by atomic mass is 10.2. The van der Waals surface area contributed by atoms with Crippen LogP contribution in [0.4, 0.5) is 0 Å². The Morgan fingerprint density at radius 2 is 1.83 bits per heavy atom.